The second-order valence-electron chi connectivity index (χ2n) is 4.07. The van der Waals surface area contributed by atoms with Gasteiger partial charge >= 0.3 is 0 Å². The van der Waals surface area contributed by atoms with Crippen LogP contribution in [-0.2, 0) is 0 Å². The van der Waals surface area contributed by atoms with Crippen LogP contribution < -0.4 is 5.32 Å². The van der Waals surface area contributed by atoms with Crippen molar-refractivity contribution in [2.75, 3.05) is 6.54 Å². The van der Waals surface area contributed by atoms with Gasteiger partial charge in [-0.15, -0.1) is 0 Å². The minimum absolute atomic E-state index is 0.0882. The van der Waals surface area contributed by atoms with Gasteiger partial charge in [-0.2, -0.15) is 0 Å². The molecule has 2 rings (SSSR count). The predicted molar refractivity (Wildman–Crippen MR) is 73.6 cm³/mol. The normalized spacial score (nSPS) is 12.3. The summed E-state index contributed by atoms with van der Waals surface area (Å²) in [5, 5.41) is 4.23. The van der Waals surface area contributed by atoms with Crippen molar-refractivity contribution in [3.63, 3.8) is 0 Å². The first-order chi connectivity index (χ1) is 8.81. The third-order valence-corrected chi connectivity index (χ3v) is 2.95. The summed E-state index contributed by atoms with van der Waals surface area (Å²) in [4.78, 5) is 8.28. The number of aromatic nitrogens is 2. The number of rotatable bonds is 5. The van der Waals surface area contributed by atoms with Crippen LogP contribution in [0.5, 0.6) is 0 Å². The number of nitrogens with zero attached hydrogens (tertiary/aromatic N) is 2. The van der Waals surface area contributed by atoms with Gasteiger partial charge in [-0.25, -0.2) is 9.97 Å². The van der Waals surface area contributed by atoms with E-state index < -0.39 is 0 Å². The highest BCUT2D eigenvalue weighted by Crippen LogP contribution is 2.21. The summed E-state index contributed by atoms with van der Waals surface area (Å²) >= 11 is 5.92. The molecule has 0 aliphatic rings. The third-order valence-electron chi connectivity index (χ3n) is 2.70. The van der Waals surface area contributed by atoms with Gasteiger partial charge in [-0.3, -0.25) is 0 Å². The lowest BCUT2D eigenvalue weighted by Crippen LogP contribution is -2.24. The summed E-state index contributed by atoms with van der Waals surface area (Å²) in [6.45, 7) is 3.09. The van der Waals surface area contributed by atoms with Gasteiger partial charge in [0.1, 0.15) is 6.33 Å². The Morgan fingerprint density at radius 2 is 2.00 bits per heavy atom. The fourth-order valence-corrected chi connectivity index (χ4v) is 1.93. The first kappa shape index (κ1) is 13.0. The first-order valence-corrected chi connectivity index (χ1v) is 6.44. The number of nitrogens with one attached hydrogen (secondary N) is 1. The molecule has 0 saturated carbocycles. The Morgan fingerprint density at radius 3 is 2.61 bits per heavy atom. The van der Waals surface area contributed by atoms with Crippen LogP contribution in [-0.4, -0.2) is 16.5 Å². The van der Waals surface area contributed by atoms with E-state index in [1.54, 1.807) is 12.5 Å². The number of halogens is 1. The molecule has 0 spiro atoms. The summed E-state index contributed by atoms with van der Waals surface area (Å²) in [5.74, 6) is 0. The highest BCUT2D eigenvalue weighted by atomic mass is 35.5. The van der Waals surface area contributed by atoms with Gasteiger partial charge in [0.05, 0.1) is 11.7 Å². The zero-order chi connectivity index (χ0) is 12.8. The maximum atomic E-state index is 5.92. The van der Waals surface area contributed by atoms with E-state index in [4.69, 9.17) is 11.6 Å². The van der Waals surface area contributed by atoms with Crippen molar-refractivity contribution in [2.45, 2.75) is 19.4 Å². The van der Waals surface area contributed by atoms with E-state index in [1.807, 2.05) is 30.3 Å². The predicted octanol–water partition coefficient (Wildman–Crippen LogP) is 3.22. The van der Waals surface area contributed by atoms with Gasteiger partial charge in [0.2, 0.25) is 0 Å². The molecule has 4 heteroatoms. The van der Waals surface area contributed by atoms with E-state index in [9.17, 15) is 0 Å². The molecule has 1 unspecified atom stereocenters. The summed E-state index contributed by atoms with van der Waals surface area (Å²) in [7, 11) is 0. The largest absolute Gasteiger partial charge is 0.305 e. The quantitative estimate of drug-likeness (QED) is 0.898. The van der Waals surface area contributed by atoms with Gasteiger partial charge in [0.15, 0.2) is 0 Å². The molecule has 0 aliphatic carbocycles. The van der Waals surface area contributed by atoms with Crippen molar-refractivity contribution >= 4 is 11.6 Å². The third kappa shape index (κ3) is 3.28. The molecule has 1 aromatic heterocycles. The van der Waals surface area contributed by atoms with Gasteiger partial charge in [0, 0.05) is 11.2 Å². The topological polar surface area (TPSA) is 37.8 Å². The zero-order valence-electron chi connectivity index (χ0n) is 10.3. The molecule has 94 valence electrons. The van der Waals surface area contributed by atoms with E-state index in [-0.39, 0.29) is 6.04 Å². The molecule has 0 radical (unpaired) electrons. The lowest BCUT2D eigenvalue weighted by Gasteiger charge is -2.18. The average molecular weight is 262 g/mol. The molecule has 2 aromatic rings. The van der Waals surface area contributed by atoms with Crippen LogP contribution in [0.15, 0.2) is 42.9 Å². The van der Waals surface area contributed by atoms with E-state index in [0.29, 0.717) is 0 Å². The SMILES string of the molecule is CCCNC(c1ccc(Cl)cc1)c1ccncn1. The lowest BCUT2D eigenvalue weighted by atomic mass is 10.0. The summed E-state index contributed by atoms with van der Waals surface area (Å²) in [5.41, 5.74) is 2.13. The second kappa shape index (κ2) is 6.47. The summed E-state index contributed by atoms with van der Waals surface area (Å²) in [6.07, 6.45) is 4.42. The van der Waals surface area contributed by atoms with Crippen molar-refractivity contribution < 1.29 is 0 Å². The Labute approximate surface area is 112 Å². The molecule has 1 heterocycles. The molecule has 1 aromatic carbocycles. The second-order valence-corrected chi connectivity index (χ2v) is 4.51. The minimum Gasteiger partial charge on any atom is -0.305 e. The smallest absolute Gasteiger partial charge is 0.115 e. The molecule has 0 fully saturated rings. The Hall–Kier alpha value is -1.45. The summed E-state index contributed by atoms with van der Waals surface area (Å²) in [6, 6.07) is 9.87. The van der Waals surface area contributed by atoms with Crippen molar-refractivity contribution in [1.29, 1.82) is 0 Å². The van der Waals surface area contributed by atoms with Gasteiger partial charge in [0.25, 0.3) is 0 Å². The molecular weight excluding hydrogens is 246 g/mol. The average Bonchev–Trinajstić information content (AvgIpc) is 2.42. The van der Waals surface area contributed by atoms with E-state index >= 15 is 0 Å². The molecule has 0 saturated heterocycles. The number of hydrogen-bond acceptors (Lipinski definition) is 3. The van der Waals surface area contributed by atoms with E-state index in [0.717, 1.165) is 29.2 Å². The van der Waals surface area contributed by atoms with Crippen molar-refractivity contribution in [3.8, 4) is 0 Å². The molecule has 3 nitrogen and oxygen atoms in total. The highest BCUT2D eigenvalue weighted by Gasteiger charge is 2.14. The summed E-state index contributed by atoms with van der Waals surface area (Å²) < 4.78 is 0. The van der Waals surface area contributed by atoms with E-state index in [2.05, 4.69) is 22.2 Å². The van der Waals surface area contributed by atoms with Crippen LogP contribution in [0.3, 0.4) is 0 Å². The molecule has 18 heavy (non-hydrogen) atoms. The van der Waals surface area contributed by atoms with Crippen molar-refractivity contribution in [3.05, 3.63) is 59.1 Å². The minimum atomic E-state index is 0.0882. The van der Waals surface area contributed by atoms with Gasteiger partial charge in [-0.05, 0) is 36.7 Å². The van der Waals surface area contributed by atoms with Gasteiger partial charge < -0.3 is 5.32 Å². The highest BCUT2D eigenvalue weighted by molar-refractivity contribution is 6.30. The molecule has 1 atom stereocenters. The van der Waals surface area contributed by atoms with E-state index in [1.165, 1.54) is 0 Å². The Kier molecular flexibility index (Phi) is 4.67. The van der Waals surface area contributed by atoms with Crippen molar-refractivity contribution in [1.82, 2.24) is 15.3 Å². The molecule has 0 amide bonds. The van der Waals surface area contributed by atoms with Crippen LogP contribution in [0.2, 0.25) is 5.02 Å². The Balaban J connectivity index is 2.27. The molecular formula is C14H16ClN3. The molecule has 1 N–H and O–H groups in total. The monoisotopic (exact) mass is 261 g/mol. The van der Waals surface area contributed by atoms with Crippen LogP contribution in [0.25, 0.3) is 0 Å². The molecule has 0 aliphatic heterocycles. The first-order valence-electron chi connectivity index (χ1n) is 6.06. The number of hydrogen-bond donors (Lipinski definition) is 1. The maximum Gasteiger partial charge on any atom is 0.115 e. The standard InChI is InChI=1S/C14H16ClN3/c1-2-8-17-14(13-7-9-16-10-18-13)11-3-5-12(15)6-4-11/h3-7,9-10,14,17H,2,8H2,1H3. The lowest BCUT2D eigenvalue weighted by molar-refractivity contribution is 0.585. The Morgan fingerprint density at radius 1 is 1.22 bits per heavy atom. The van der Waals surface area contributed by atoms with Crippen LogP contribution in [0.4, 0.5) is 0 Å². The fourth-order valence-electron chi connectivity index (χ4n) is 1.81. The van der Waals surface area contributed by atoms with Crippen molar-refractivity contribution in [2.24, 2.45) is 0 Å². The van der Waals surface area contributed by atoms with Gasteiger partial charge in [-0.1, -0.05) is 30.7 Å². The van der Waals surface area contributed by atoms with Crippen LogP contribution >= 0.6 is 11.6 Å². The Bertz CT molecular complexity index is 470. The van der Waals surface area contributed by atoms with Crippen LogP contribution in [0.1, 0.15) is 30.6 Å². The fraction of sp³-hybridized carbons (Fsp3) is 0.286. The zero-order valence-corrected chi connectivity index (χ0v) is 11.1. The molecule has 0 bridgehead atoms. The van der Waals surface area contributed by atoms with Crippen LogP contribution in [0, 0.1) is 0 Å². The number of benzene rings is 1. The maximum absolute atomic E-state index is 5.92.